The lowest BCUT2D eigenvalue weighted by atomic mass is 10.2. The summed E-state index contributed by atoms with van der Waals surface area (Å²) >= 11 is 3.03. The lowest BCUT2D eigenvalue weighted by Crippen LogP contribution is -2.16. The highest BCUT2D eigenvalue weighted by Gasteiger charge is 2.39. The highest BCUT2D eigenvalue weighted by atomic mass is 79.9. The smallest absolute Gasteiger partial charge is 0.435 e. The summed E-state index contributed by atoms with van der Waals surface area (Å²) < 4.78 is 58.5. The zero-order chi connectivity index (χ0) is 15.8. The Labute approximate surface area is 125 Å². The zero-order valence-corrected chi connectivity index (χ0v) is 12.3. The van der Waals surface area contributed by atoms with Gasteiger partial charge in [0.15, 0.2) is 5.69 Å². The fraction of sp³-hybridized carbons (Fsp3) is 0.250. The molecule has 2 rings (SSSR count). The number of hydrogen-bond acceptors (Lipinski definition) is 3. The van der Waals surface area contributed by atoms with E-state index in [1.165, 1.54) is 0 Å². The largest absolute Gasteiger partial charge is 0.491 e. The number of alkyl halides is 3. The van der Waals surface area contributed by atoms with Crippen LogP contribution in [-0.2, 0) is 6.18 Å². The summed E-state index contributed by atoms with van der Waals surface area (Å²) in [6.45, 7) is 1.78. The number of nitrogens with two attached hydrogens (primary N) is 1. The fourth-order valence-electron chi connectivity index (χ4n) is 1.83. The van der Waals surface area contributed by atoms with Crippen molar-refractivity contribution in [2.24, 2.45) is 0 Å². The molecule has 0 fully saturated rings. The number of ether oxygens (including phenoxy) is 1. The third-order valence-corrected chi connectivity index (χ3v) is 3.18. The van der Waals surface area contributed by atoms with Crippen LogP contribution in [0.5, 0.6) is 5.75 Å². The molecule has 0 aliphatic rings. The van der Waals surface area contributed by atoms with Crippen molar-refractivity contribution < 1.29 is 22.3 Å². The predicted octanol–water partition coefficient (Wildman–Crippen LogP) is 3.77. The molecule has 21 heavy (non-hydrogen) atoms. The Morgan fingerprint density at radius 2 is 2.05 bits per heavy atom. The van der Waals surface area contributed by atoms with E-state index in [1.54, 1.807) is 6.92 Å². The van der Waals surface area contributed by atoms with Crippen LogP contribution in [0.4, 0.5) is 23.2 Å². The first-order valence-electron chi connectivity index (χ1n) is 5.78. The van der Waals surface area contributed by atoms with Crippen molar-refractivity contribution in [1.82, 2.24) is 9.78 Å². The molecule has 2 N–H and O–H groups in total. The van der Waals surface area contributed by atoms with Gasteiger partial charge in [-0.15, -0.1) is 0 Å². The number of nitrogens with zero attached hydrogens (tertiary/aromatic N) is 2. The van der Waals surface area contributed by atoms with E-state index < -0.39 is 23.4 Å². The fourth-order valence-corrected chi connectivity index (χ4v) is 2.41. The monoisotopic (exact) mass is 367 g/mol. The number of aromatic nitrogens is 2. The number of hydrogen-bond donors (Lipinski definition) is 1. The molecule has 0 aliphatic heterocycles. The lowest BCUT2D eigenvalue weighted by molar-refractivity contribution is -0.142. The molecular formula is C12H10BrF4N3O. The van der Waals surface area contributed by atoms with Gasteiger partial charge in [-0.25, -0.2) is 9.07 Å². The van der Waals surface area contributed by atoms with E-state index in [2.05, 4.69) is 21.0 Å². The standard InChI is InChI=1S/C12H10BrF4N3O/c1-2-21-9-4-6(14)3-7(13)10(9)20-11(12(15,16)17)8(18)5-19-20/h3-5H,2,18H2,1H3. The van der Waals surface area contributed by atoms with E-state index in [4.69, 9.17) is 10.5 Å². The van der Waals surface area contributed by atoms with Crippen molar-refractivity contribution in [1.29, 1.82) is 0 Å². The second kappa shape index (κ2) is 5.55. The molecule has 1 aromatic carbocycles. The second-order valence-electron chi connectivity index (χ2n) is 4.03. The molecule has 2 aromatic rings. The van der Waals surface area contributed by atoms with Gasteiger partial charge in [0.25, 0.3) is 0 Å². The molecule has 1 aromatic heterocycles. The molecular weight excluding hydrogens is 358 g/mol. The topological polar surface area (TPSA) is 53.1 Å². The average Bonchev–Trinajstić information content (AvgIpc) is 2.70. The minimum atomic E-state index is -4.71. The zero-order valence-electron chi connectivity index (χ0n) is 10.7. The van der Waals surface area contributed by atoms with Crippen LogP contribution in [0.15, 0.2) is 22.8 Å². The molecule has 0 spiro atoms. The van der Waals surface area contributed by atoms with Crippen molar-refractivity contribution in [3.8, 4) is 11.4 Å². The van der Waals surface area contributed by atoms with E-state index in [-0.39, 0.29) is 22.5 Å². The minimum absolute atomic E-state index is 0.0673. The maximum atomic E-state index is 13.4. The third kappa shape index (κ3) is 2.97. The van der Waals surface area contributed by atoms with E-state index >= 15 is 0 Å². The number of halogens is 5. The van der Waals surface area contributed by atoms with Crippen molar-refractivity contribution in [3.05, 3.63) is 34.3 Å². The van der Waals surface area contributed by atoms with Crippen molar-refractivity contribution in [3.63, 3.8) is 0 Å². The Hall–Kier alpha value is -1.77. The first-order chi connectivity index (χ1) is 9.75. The quantitative estimate of drug-likeness (QED) is 0.840. The predicted molar refractivity (Wildman–Crippen MR) is 71.8 cm³/mol. The first-order valence-corrected chi connectivity index (χ1v) is 6.58. The molecule has 0 amide bonds. The number of nitrogen functional groups attached to an aromatic ring is 1. The SMILES string of the molecule is CCOc1cc(F)cc(Br)c1-n1ncc(N)c1C(F)(F)F. The van der Waals surface area contributed by atoms with Crippen molar-refractivity contribution >= 4 is 21.6 Å². The van der Waals surface area contributed by atoms with Gasteiger partial charge in [0.05, 0.1) is 18.5 Å². The first kappa shape index (κ1) is 15.6. The Morgan fingerprint density at radius 1 is 1.38 bits per heavy atom. The van der Waals surface area contributed by atoms with Gasteiger partial charge in [-0.05, 0) is 28.9 Å². The molecule has 0 saturated carbocycles. The lowest BCUT2D eigenvalue weighted by Gasteiger charge is -2.16. The summed E-state index contributed by atoms with van der Waals surface area (Å²) in [5.74, 6) is -0.722. The van der Waals surface area contributed by atoms with E-state index in [0.717, 1.165) is 18.3 Å². The Morgan fingerprint density at radius 3 is 2.62 bits per heavy atom. The minimum Gasteiger partial charge on any atom is -0.491 e. The van der Waals surface area contributed by atoms with Crippen LogP contribution in [0.3, 0.4) is 0 Å². The molecule has 4 nitrogen and oxygen atoms in total. The summed E-state index contributed by atoms with van der Waals surface area (Å²) in [5.41, 5.74) is 3.60. The molecule has 0 atom stereocenters. The van der Waals surface area contributed by atoms with Gasteiger partial charge < -0.3 is 10.5 Å². The van der Waals surface area contributed by atoms with Gasteiger partial charge in [-0.1, -0.05) is 0 Å². The molecule has 114 valence electrons. The molecule has 0 bridgehead atoms. The van der Waals surface area contributed by atoms with Gasteiger partial charge in [0.1, 0.15) is 17.3 Å². The van der Waals surface area contributed by atoms with Crippen LogP contribution in [0.1, 0.15) is 12.6 Å². The highest BCUT2D eigenvalue weighted by molar-refractivity contribution is 9.10. The van der Waals surface area contributed by atoms with Crippen molar-refractivity contribution in [2.75, 3.05) is 12.3 Å². The van der Waals surface area contributed by atoms with E-state index in [0.29, 0.717) is 4.68 Å². The van der Waals surface area contributed by atoms with Gasteiger partial charge in [-0.2, -0.15) is 18.3 Å². The molecule has 0 radical (unpaired) electrons. The Kier molecular flexibility index (Phi) is 4.13. The van der Waals surface area contributed by atoms with E-state index in [9.17, 15) is 17.6 Å². The number of benzene rings is 1. The maximum absolute atomic E-state index is 13.4. The van der Waals surface area contributed by atoms with Gasteiger partial charge in [0, 0.05) is 10.5 Å². The van der Waals surface area contributed by atoms with Crippen LogP contribution >= 0.6 is 15.9 Å². The Balaban J connectivity index is 2.73. The van der Waals surface area contributed by atoms with Gasteiger partial charge >= 0.3 is 6.18 Å². The number of rotatable bonds is 3. The van der Waals surface area contributed by atoms with E-state index in [1.807, 2.05) is 0 Å². The molecule has 0 unspecified atom stereocenters. The highest BCUT2D eigenvalue weighted by Crippen LogP contribution is 2.39. The van der Waals surface area contributed by atoms with Crippen LogP contribution in [-0.4, -0.2) is 16.4 Å². The maximum Gasteiger partial charge on any atom is 0.435 e. The molecule has 9 heteroatoms. The average molecular weight is 368 g/mol. The molecule has 0 saturated heterocycles. The third-order valence-electron chi connectivity index (χ3n) is 2.57. The van der Waals surface area contributed by atoms with Crippen LogP contribution in [0.25, 0.3) is 5.69 Å². The van der Waals surface area contributed by atoms with Crippen LogP contribution < -0.4 is 10.5 Å². The summed E-state index contributed by atoms with van der Waals surface area (Å²) in [4.78, 5) is 0. The van der Waals surface area contributed by atoms with Crippen molar-refractivity contribution in [2.45, 2.75) is 13.1 Å². The van der Waals surface area contributed by atoms with Crippen LogP contribution in [0.2, 0.25) is 0 Å². The second-order valence-corrected chi connectivity index (χ2v) is 4.88. The summed E-state index contributed by atoms with van der Waals surface area (Å²) in [5, 5.41) is 3.63. The number of anilines is 1. The summed E-state index contributed by atoms with van der Waals surface area (Å²) in [6, 6.07) is 2.01. The summed E-state index contributed by atoms with van der Waals surface area (Å²) in [6.07, 6.45) is -3.83. The molecule has 0 aliphatic carbocycles. The Bertz CT molecular complexity index is 669. The van der Waals surface area contributed by atoms with Gasteiger partial charge in [0.2, 0.25) is 0 Å². The van der Waals surface area contributed by atoms with Crippen LogP contribution in [0, 0.1) is 5.82 Å². The van der Waals surface area contributed by atoms with Gasteiger partial charge in [-0.3, -0.25) is 0 Å². The normalized spacial score (nSPS) is 11.7. The molecule has 1 heterocycles. The summed E-state index contributed by atoms with van der Waals surface area (Å²) in [7, 11) is 0.